The molecule has 0 aliphatic heterocycles. The fraction of sp³-hybridized carbons (Fsp3) is 0.471. The van der Waals surface area contributed by atoms with Crippen molar-refractivity contribution in [3.05, 3.63) is 42.7 Å². The first-order chi connectivity index (χ1) is 10.6. The topological polar surface area (TPSA) is 59.8 Å². The lowest BCUT2D eigenvalue weighted by Gasteiger charge is -2.31. The molecule has 1 saturated carbocycles. The molecule has 1 N–H and O–H groups in total. The van der Waals surface area contributed by atoms with E-state index in [1.165, 1.54) is 6.42 Å². The first-order valence-electron chi connectivity index (χ1n) is 7.87. The fourth-order valence-electron chi connectivity index (χ4n) is 3.44. The Morgan fingerprint density at radius 2 is 2.00 bits per heavy atom. The van der Waals surface area contributed by atoms with Crippen LogP contribution < -0.4 is 5.32 Å². The van der Waals surface area contributed by atoms with Crippen molar-refractivity contribution >= 4 is 5.91 Å². The van der Waals surface area contributed by atoms with Crippen LogP contribution in [0.2, 0.25) is 0 Å². The Balaban J connectivity index is 1.71. The zero-order chi connectivity index (χ0) is 15.5. The van der Waals surface area contributed by atoms with Gasteiger partial charge in [-0.2, -0.15) is 0 Å². The third-order valence-corrected chi connectivity index (χ3v) is 4.29. The Kier molecular flexibility index (Phi) is 4.22. The van der Waals surface area contributed by atoms with Crippen LogP contribution in [0.4, 0.5) is 0 Å². The lowest BCUT2D eigenvalue weighted by molar-refractivity contribution is 0.0906. The molecular weight excluding hydrogens is 276 g/mol. The molecule has 2 heterocycles. The molecule has 1 fully saturated rings. The minimum Gasteiger partial charge on any atom is -0.348 e. The van der Waals surface area contributed by atoms with Gasteiger partial charge in [-0.15, -0.1) is 0 Å². The van der Waals surface area contributed by atoms with Gasteiger partial charge in [-0.1, -0.05) is 13.8 Å². The second-order valence-electron chi connectivity index (χ2n) is 6.46. The highest BCUT2D eigenvalue weighted by atomic mass is 16.1. The zero-order valence-corrected chi connectivity index (χ0v) is 13.1. The second-order valence-corrected chi connectivity index (χ2v) is 6.46. The monoisotopic (exact) mass is 298 g/mol. The first kappa shape index (κ1) is 14.8. The summed E-state index contributed by atoms with van der Waals surface area (Å²) in [5.41, 5.74) is 1.35. The lowest BCUT2D eigenvalue weighted by Crippen LogP contribution is -2.40. The largest absolute Gasteiger partial charge is 0.348 e. The predicted octanol–water partition coefficient (Wildman–Crippen LogP) is 2.82. The van der Waals surface area contributed by atoms with E-state index in [2.05, 4.69) is 29.1 Å². The number of nitrogens with one attached hydrogen (secondary N) is 1. The van der Waals surface area contributed by atoms with E-state index < -0.39 is 0 Å². The average molecular weight is 298 g/mol. The van der Waals surface area contributed by atoms with E-state index in [1.807, 2.05) is 16.8 Å². The quantitative estimate of drug-likeness (QED) is 0.948. The van der Waals surface area contributed by atoms with Crippen LogP contribution in [-0.4, -0.2) is 26.5 Å². The number of rotatable bonds is 3. The van der Waals surface area contributed by atoms with Crippen LogP contribution in [0.25, 0.3) is 5.69 Å². The summed E-state index contributed by atoms with van der Waals surface area (Å²) >= 11 is 0. The molecule has 2 unspecified atom stereocenters. The average Bonchev–Trinajstić information content (AvgIpc) is 3.00. The highest BCUT2D eigenvalue weighted by Gasteiger charge is 2.25. The standard InChI is InChI=1S/C17H22N4O/c1-12-7-13(2)9-14(8-12)20-17(22)16-10-15(3-4-19-16)21-6-5-18-11-21/h3-6,10-14H,7-9H2,1-2H3,(H,20,22). The third-order valence-electron chi connectivity index (χ3n) is 4.29. The van der Waals surface area contributed by atoms with Gasteiger partial charge in [0, 0.05) is 24.6 Å². The Morgan fingerprint density at radius 1 is 1.23 bits per heavy atom. The minimum absolute atomic E-state index is 0.0896. The fourth-order valence-corrected chi connectivity index (χ4v) is 3.44. The summed E-state index contributed by atoms with van der Waals surface area (Å²) in [5, 5.41) is 3.14. The van der Waals surface area contributed by atoms with Gasteiger partial charge in [0.2, 0.25) is 0 Å². The van der Waals surface area contributed by atoms with E-state index in [1.54, 1.807) is 24.8 Å². The van der Waals surface area contributed by atoms with E-state index >= 15 is 0 Å². The highest BCUT2D eigenvalue weighted by Crippen LogP contribution is 2.28. The maximum Gasteiger partial charge on any atom is 0.270 e. The van der Waals surface area contributed by atoms with Gasteiger partial charge in [0.15, 0.2) is 0 Å². The summed E-state index contributed by atoms with van der Waals surface area (Å²) in [6.45, 7) is 4.51. The van der Waals surface area contributed by atoms with Crippen LogP contribution >= 0.6 is 0 Å². The van der Waals surface area contributed by atoms with E-state index in [9.17, 15) is 4.79 Å². The number of carbonyl (C=O) groups excluding carboxylic acids is 1. The van der Waals surface area contributed by atoms with E-state index in [0.717, 1.165) is 18.5 Å². The molecule has 5 nitrogen and oxygen atoms in total. The zero-order valence-electron chi connectivity index (χ0n) is 13.1. The Labute approximate surface area is 130 Å². The number of pyridine rings is 1. The van der Waals surface area contributed by atoms with Crippen LogP contribution in [0.15, 0.2) is 37.1 Å². The minimum atomic E-state index is -0.0896. The van der Waals surface area contributed by atoms with E-state index in [4.69, 9.17) is 0 Å². The van der Waals surface area contributed by atoms with Gasteiger partial charge in [-0.25, -0.2) is 4.98 Å². The van der Waals surface area contributed by atoms with Gasteiger partial charge in [-0.05, 0) is 43.2 Å². The normalized spacial score (nSPS) is 24.9. The molecule has 2 aromatic rings. The van der Waals surface area contributed by atoms with Crippen LogP contribution in [-0.2, 0) is 0 Å². The molecule has 0 radical (unpaired) electrons. The van der Waals surface area contributed by atoms with Crippen molar-refractivity contribution in [3.63, 3.8) is 0 Å². The van der Waals surface area contributed by atoms with Crippen molar-refractivity contribution in [2.75, 3.05) is 0 Å². The predicted molar refractivity (Wildman–Crippen MR) is 84.8 cm³/mol. The molecule has 3 rings (SSSR count). The highest BCUT2D eigenvalue weighted by molar-refractivity contribution is 5.92. The van der Waals surface area contributed by atoms with Gasteiger partial charge < -0.3 is 9.88 Å². The van der Waals surface area contributed by atoms with Crippen LogP contribution in [0.5, 0.6) is 0 Å². The van der Waals surface area contributed by atoms with Crippen molar-refractivity contribution in [2.45, 2.75) is 39.2 Å². The van der Waals surface area contributed by atoms with Crippen molar-refractivity contribution in [2.24, 2.45) is 11.8 Å². The van der Waals surface area contributed by atoms with Crippen molar-refractivity contribution in [3.8, 4) is 5.69 Å². The van der Waals surface area contributed by atoms with Crippen molar-refractivity contribution in [1.82, 2.24) is 19.9 Å². The second kappa shape index (κ2) is 6.30. The molecule has 1 aliphatic rings. The maximum atomic E-state index is 12.4. The van der Waals surface area contributed by atoms with Crippen molar-refractivity contribution < 1.29 is 4.79 Å². The molecule has 1 aliphatic carbocycles. The van der Waals surface area contributed by atoms with Gasteiger partial charge in [0.1, 0.15) is 5.69 Å². The molecule has 0 aromatic carbocycles. The Morgan fingerprint density at radius 3 is 2.68 bits per heavy atom. The molecule has 1 amide bonds. The molecule has 0 spiro atoms. The summed E-state index contributed by atoms with van der Waals surface area (Å²) in [6, 6.07) is 3.92. The van der Waals surface area contributed by atoms with Gasteiger partial charge in [0.25, 0.3) is 5.91 Å². The summed E-state index contributed by atoms with van der Waals surface area (Å²) in [5.74, 6) is 1.24. The number of nitrogens with zero attached hydrogens (tertiary/aromatic N) is 3. The van der Waals surface area contributed by atoms with Crippen molar-refractivity contribution in [1.29, 1.82) is 0 Å². The molecule has 0 bridgehead atoms. The maximum absolute atomic E-state index is 12.4. The smallest absolute Gasteiger partial charge is 0.270 e. The van der Waals surface area contributed by atoms with E-state index in [0.29, 0.717) is 17.5 Å². The number of carbonyl (C=O) groups is 1. The molecule has 116 valence electrons. The molecular formula is C17H22N4O. The number of hydrogen-bond acceptors (Lipinski definition) is 3. The van der Waals surface area contributed by atoms with Crippen LogP contribution in [0.1, 0.15) is 43.6 Å². The SMILES string of the molecule is CC1CC(C)CC(NC(=O)c2cc(-n3ccnc3)ccn2)C1. The number of imidazole rings is 1. The first-order valence-corrected chi connectivity index (χ1v) is 7.87. The molecule has 0 saturated heterocycles. The third kappa shape index (κ3) is 3.35. The summed E-state index contributed by atoms with van der Waals surface area (Å²) < 4.78 is 1.86. The van der Waals surface area contributed by atoms with Gasteiger partial charge in [0.05, 0.1) is 12.0 Å². The number of aromatic nitrogens is 3. The Hall–Kier alpha value is -2.17. The van der Waals surface area contributed by atoms with Gasteiger partial charge >= 0.3 is 0 Å². The van der Waals surface area contributed by atoms with Gasteiger partial charge in [-0.3, -0.25) is 9.78 Å². The Bertz CT molecular complexity index is 628. The van der Waals surface area contributed by atoms with Crippen LogP contribution in [0.3, 0.4) is 0 Å². The van der Waals surface area contributed by atoms with E-state index in [-0.39, 0.29) is 11.9 Å². The summed E-state index contributed by atoms with van der Waals surface area (Å²) in [6.07, 6.45) is 10.3. The number of hydrogen-bond donors (Lipinski definition) is 1. The lowest BCUT2D eigenvalue weighted by atomic mass is 9.80. The molecule has 5 heteroatoms. The summed E-state index contributed by atoms with van der Waals surface area (Å²) in [4.78, 5) is 20.7. The number of amides is 1. The van der Waals surface area contributed by atoms with Crippen LogP contribution in [0, 0.1) is 11.8 Å². The summed E-state index contributed by atoms with van der Waals surface area (Å²) in [7, 11) is 0. The molecule has 2 aromatic heterocycles. The molecule has 2 atom stereocenters. The molecule has 22 heavy (non-hydrogen) atoms.